The van der Waals surface area contributed by atoms with Gasteiger partial charge in [0.15, 0.2) is 0 Å². The molecule has 4 nitrogen and oxygen atoms in total. The summed E-state index contributed by atoms with van der Waals surface area (Å²) in [5.74, 6) is -1.03. The molecule has 0 heterocycles. The molecule has 0 saturated carbocycles. The fraction of sp³-hybridized carbons (Fsp3) is 0.0667. The van der Waals surface area contributed by atoms with E-state index in [0.717, 1.165) is 5.56 Å². The van der Waals surface area contributed by atoms with Crippen LogP contribution in [0, 0.1) is 0 Å². The summed E-state index contributed by atoms with van der Waals surface area (Å²) in [7, 11) is 0. The minimum absolute atomic E-state index is 0.0933. The number of hydrogen-bond donors (Lipinski definition) is 1. The average molecular weight is 290 g/mol. The Morgan fingerprint density at radius 2 is 1.60 bits per heavy atom. The van der Waals surface area contributed by atoms with Crippen molar-refractivity contribution < 1.29 is 14.3 Å². The molecule has 2 aromatic carbocycles. The van der Waals surface area contributed by atoms with Gasteiger partial charge in [0.05, 0.1) is 5.56 Å². The van der Waals surface area contributed by atoms with Crippen LogP contribution < -0.4 is 5.73 Å². The third-order valence-electron chi connectivity index (χ3n) is 2.72. The lowest BCUT2D eigenvalue weighted by atomic mass is 10.1. The molecule has 1 amide bonds. The first-order chi connectivity index (χ1) is 9.58. The summed E-state index contributed by atoms with van der Waals surface area (Å²) >= 11 is 5.97. The summed E-state index contributed by atoms with van der Waals surface area (Å²) < 4.78 is 5.16. The second kappa shape index (κ2) is 6.21. The van der Waals surface area contributed by atoms with Crippen LogP contribution in [0.1, 0.15) is 26.3 Å². The molecular formula is C15H12ClNO3. The molecular weight excluding hydrogens is 278 g/mol. The molecule has 0 unspecified atom stereocenters. The van der Waals surface area contributed by atoms with E-state index < -0.39 is 11.9 Å². The number of esters is 1. The average Bonchev–Trinajstić information content (AvgIpc) is 2.46. The smallest absolute Gasteiger partial charge is 0.338 e. The van der Waals surface area contributed by atoms with Gasteiger partial charge in [0.2, 0.25) is 5.91 Å². The molecule has 20 heavy (non-hydrogen) atoms. The van der Waals surface area contributed by atoms with E-state index in [9.17, 15) is 9.59 Å². The van der Waals surface area contributed by atoms with Gasteiger partial charge in [-0.3, -0.25) is 4.79 Å². The van der Waals surface area contributed by atoms with Gasteiger partial charge in [-0.25, -0.2) is 4.79 Å². The Balaban J connectivity index is 2.02. The quantitative estimate of drug-likeness (QED) is 0.880. The van der Waals surface area contributed by atoms with Crippen molar-refractivity contribution >= 4 is 23.5 Å². The summed E-state index contributed by atoms with van der Waals surface area (Å²) in [4.78, 5) is 22.8. The number of ether oxygens (including phenoxy) is 1. The van der Waals surface area contributed by atoms with Crippen LogP contribution >= 0.6 is 11.6 Å². The summed E-state index contributed by atoms with van der Waals surface area (Å²) in [6, 6.07) is 13.1. The minimum Gasteiger partial charge on any atom is -0.457 e. The third kappa shape index (κ3) is 3.36. The van der Waals surface area contributed by atoms with E-state index >= 15 is 0 Å². The predicted molar refractivity (Wildman–Crippen MR) is 75.5 cm³/mol. The highest BCUT2D eigenvalue weighted by Gasteiger charge is 2.09. The zero-order chi connectivity index (χ0) is 14.5. The van der Waals surface area contributed by atoms with Gasteiger partial charge in [-0.05, 0) is 30.3 Å². The van der Waals surface area contributed by atoms with Crippen molar-refractivity contribution in [3.63, 3.8) is 0 Å². The molecule has 0 aromatic heterocycles. The van der Waals surface area contributed by atoms with E-state index in [1.165, 1.54) is 24.3 Å². The first-order valence-corrected chi connectivity index (χ1v) is 6.26. The van der Waals surface area contributed by atoms with Gasteiger partial charge in [-0.2, -0.15) is 0 Å². The maximum atomic E-state index is 11.8. The lowest BCUT2D eigenvalue weighted by molar-refractivity contribution is 0.0472. The molecule has 0 atom stereocenters. The van der Waals surface area contributed by atoms with Gasteiger partial charge in [-0.15, -0.1) is 0 Å². The Hall–Kier alpha value is -2.33. The van der Waals surface area contributed by atoms with Crippen LogP contribution in [0.15, 0.2) is 48.5 Å². The largest absolute Gasteiger partial charge is 0.457 e. The van der Waals surface area contributed by atoms with Crippen LogP contribution in [-0.4, -0.2) is 11.9 Å². The monoisotopic (exact) mass is 289 g/mol. The number of carbonyl (C=O) groups is 2. The Labute approximate surface area is 121 Å². The van der Waals surface area contributed by atoms with Crippen molar-refractivity contribution in [1.29, 1.82) is 0 Å². The van der Waals surface area contributed by atoms with Crippen LogP contribution in [0.4, 0.5) is 0 Å². The molecule has 2 rings (SSSR count). The van der Waals surface area contributed by atoms with E-state index in [1.807, 2.05) is 6.07 Å². The van der Waals surface area contributed by atoms with Crippen molar-refractivity contribution in [3.8, 4) is 0 Å². The minimum atomic E-state index is -0.541. The molecule has 0 aliphatic rings. The summed E-state index contributed by atoms with van der Waals surface area (Å²) in [5, 5.41) is 0.546. The van der Waals surface area contributed by atoms with Crippen molar-refractivity contribution in [1.82, 2.24) is 0 Å². The van der Waals surface area contributed by atoms with Crippen molar-refractivity contribution in [3.05, 3.63) is 70.2 Å². The summed E-state index contributed by atoms with van der Waals surface area (Å²) in [6.07, 6.45) is 0. The van der Waals surface area contributed by atoms with Crippen LogP contribution in [0.25, 0.3) is 0 Å². The topological polar surface area (TPSA) is 69.4 Å². The van der Waals surface area contributed by atoms with Crippen LogP contribution in [0.2, 0.25) is 5.02 Å². The third-order valence-corrected chi connectivity index (χ3v) is 3.09. The number of nitrogens with two attached hydrogens (primary N) is 1. The number of hydrogen-bond acceptors (Lipinski definition) is 3. The Morgan fingerprint density at radius 1 is 1.00 bits per heavy atom. The van der Waals surface area contributed by atoms with E-state index in [2.05, 4.69) is 0 Å². The zero-order valence-corrected chi connectivity index (χ0v) is 11.3. The highest BCUT2D eigenvalue weighted by molar-refractivity contribution is 6.31. The van der Waals surface area contributed by atoms with Crippen LogP contribution in [-0.2, 0) is 11.3 Å². The summed E-state index contributed by atoms with van der Waals surface area (Å²) in [5.41, 5.74) is 6.54. The van der Waals surface area contributed by atoms with E-state index in [-0.39, 0.29) is 6.61 Å². The Morgan fingerprint density at radius 3 is 2.20 bits per heavy atom. The van der Waals surface area contributed by atoms with Gasteiger partial charge in [0, 0.05) is 16.1 Å². The van der Waals surface area contributed by atoms with Crippen molar-refractivity contribution in [2.24, 2.45) is 5.73 Å². The van der Waals surface area contributed by atoms with Crippen molar-refractivity contribution in [2.45, 2.75) is 6.61 Å². The summed E-state index contributed by atoms with van der Waals surface area (Å²) in [6.45, 7) is 0.0933. The molecule has 0 radical (unpaired) electrons. The maximum absolute atomic E-state index is 11.8. The Kier molecular flexibility index (Phi) is 4.38. The molecule has 0 spiro atoms. The standard InChI is InChI=1S/C15H12ClNO3/c16-13-4-2-1-3-12(13)9-20-15(19)11-7-5-10(6-8-11)14(17)18/h1-8H,9H2,(H2,17,18). The highest BCUT2D eigenvalue weighted by Crippen LogP contribution is 2.16. The molecule has 0 aliphatic carbocycles. The maximum Gasteiger partial charge on any atom is 0.338 e. The SMILES string of the molecule is NC(=O)c1ccc(C(=O)OCc2ccccc2Cl)cc1. The highest BCUT2D eigenvalue weighted by atomic mass is 35.5. The van der Waals surface area contributed by atoms with Gasteiger partial charge >= 0.3 is 5.97 Å². The molecule has 0 saturated heterocycles. The van der Waals surface area contributed by atoms with Gasteiger partial charge in [0.1, 0.15) is 6.61 Å². The zero-order valence-electron chi connectivity index (χ0n) is 10.5. The van der Waals surface area contributed by atoms with E-state index in [1.54, 1.807) is 18.2 Å². The fourth-order valence-corrected chi connectivity index (χ4v) is 1.80. The number of primary amides is 1. The lowest BCUT2D eigenvalue weighted by Gasteiger charge is -2.06. The number of benzene rings is 2. The van der Waals surface area contributed by atoms with Crippen molar-refractivity contribution in [2.75, 3.05) is 0 Å². The van der Waals surface area contributed by atoms with Gasteiger partial charge in [-0.1, -0.05) is 29.8 Å². The number of rotatable bonds is 4. The second-order valence-electron chi connectivity index (χ2n) is 4.11. The molecule has 0 aliphatic heterocycles. The van der Waals surface area contributed by atoms with Gasteiger partial charge < -0.3 is 10.5 Å². The Bertz CT molecular complexity index is 638. The van der Waals surface area contributed by atoms with Gasteiger partial charge in [0.25, 0.3) is 0 Å². The molecule has 0 bridgehead atoms. The number of amides is 1. The van der Waals surface area contributed by atoms with Crippen LogP contribution in [0.3, 0.4) is 0 Å². The molecule has 2 N–H and O–H groups in total. The normalized spacial score (nSPS) is 10.1. The van der Waals surface area contributed by atoms with E-state index in [0.29, 0.717) is 16.1 Å². The molecule has 5 heteroatoms. The molecule has 0 fully saturated rings. The molecule has 2 aromatic rings. The molecule has 102 valence electrons. The number of halogens is 1. The second-order valence-corrected chi connectivity index (χ2v) is 4.52. The fourth-order valence-electron chi connectivity index (χ4n) is 1.61. The van der Waals surface area contributed by atoms with Crippen LogP contribution in [0.5, 0.6) is 0 Å². The first-order valence-electron chi connectivity index (χ1n) is 5.88. The lowest BCUT2D eigenvalue weighted by Crippen LogP contribution is -2.11. The predicted octanol–water partition coefficient (Wildman–Crippen LogP) is 2.80. The number of carbonyl (C=O) groups excluding carboxylic acids is 2. The first kappa shape index (κ1) is 14.1. The van der Waals surface area contributed by atoms with E-state index in [4.69, 9.17) is 22.1 Å².